The Morgan fingerprint density at radius 1 is 0.229 bits per heavy atom. The van der Waals surface area contributed by atoms with Gasteiger partial charge in [-0.2, -0.15) is 0 Å². The van der Waals surface area contributed by atoms with E-state index in [-0.39, 0.29) is 0 Å². The highest BCUT2D eigenvalue weighted by atomic mass is 35.7. The predicted molar refractivity (Wildman–Crippen MR) is 564 cm³/mol. The van der Waals surface area contributed by atoms with Crippen LogP contribution in [-0.2, 0) is 13.7 Å². The molecule has 26 rings (SSSR count). The number of hydrogen-bond acceptors (Lipinski definition) is 5. The van der Waals surface area contributed by atoms with Gasteiger partial charge in [0, 0.05) is 42.5 Å². The second-order valence-electron chi connectivity index (χ2n) is 32.7. The molecule has 0 bridgehead atoms. The van der Waals surface area contributed by atoms with Gasteiger partial charge in [0.15, 0.2) is 28.4 Å². The third-order valence-corrected chi connectivity index (χ3v) is 33.7. The third kappa shape index (κ3) is 15.9. The van der Waals surface area contributed by atoms with Crippen LogP contribution in [0, 0.1) is 0 Å². The van der Waals surface area contributed by atoms with Gasteiger partial charge in [0.2, 0.25) is 0 Å². The van der Waals surface area contributed by atoms with Gasteiger partial charge >= 0.3 is 15.6 Å². The normalized spacial score (nSPS) is 11.6. The molecule has 0 aliphatic carbocycles. The van der Waals surface area contributed by atoms with Gasteiger partial charge in [0.25, 0.3) is 0 Å². The zero-order valence-corrected chi connectivity index (χ0v) is 75.7. The zero-order chi connectivity index (χ0) is 88.0. The molecular formula is C118H78Cl2N4O3P4+2. The molecule has 13 heteroatoms. The van der Waals surface area contributed by atoms with E-state index in [1.807, 2.05) is 194 Å². The topological polar surface area (TPSA) is 85.8 Å². The number of rotatable bonds is 9. The lowest BCUT2D eigenvalue weighted by molar-refractivity contribution is 0.592. The van der Waals surface area contributed by atoms with Gasteiger partial charge in [0.05, 0.1) is 40.4 Å². The van der Waals surface area contributed by atoms with E-state index in [1.54, 1.807) is 0 Å². The van der Waals surface area contributed by atoms with Crippen LogP contribution in [0.25, 0.3) is 163 Å². The van der Waals surface area contributed by atoms with Crippen molar-refractivity contribution in [3.05, 3.63) is 478 Å². The van der Waals surface area contributed by atoms with Crippen LogP contribution in [0.3, 0.4) is 0 Å². The van der Waals surface area contributed by atoms with Gasteiger partial charge < -0.3 is 4.57 Å². The Bertz CT molecular complexity index is 8640. The Labute approximate surface area is 768 Å². The van der Waals surface area contributed by atoms with Crippen molar-refractivity contribution < 1.29 is 13.7 Å². The number of imidazole rings is 2. The summed E-state index contributed by atoms with van der Waals surface area (Å²) < 4.78 is 46.1. The van der Waals surface area contributed by atoms with E-state index < -0.39 is 30.0 Å². The van der Waals surface area contributed by atoms with Gasteiger partial charge in [-0.05, 0) is 259 Å². The van der Waals surface area contributed by atoms with Crippen molar-refractivity contribution in [1.82, 2.24) is 18.8 Å². The van der Waals surface area contributed by atoms with Crippen molar-refractivity contribution in [3.63, 3.8) is 0 Å². The minimum absolute atomic E-state index is 0.733. The Balaban J connectivity index is 0.0000000995. The lowest BCUT2D eigenvalue weighted by Crippen LogP contribution is -2.25. The molecule has 0 spiro atoms. The monoisotopic (exact) mass is 1790 g/mol. The molecule has 7 nitrogen and oxygen atoms in total. The van der Waals surface area contributed by atoms with Crippen molar-refractivity contribution in [2.45, 2.75) is 0 Å². The van der Waals surface area contributed by atoms with E-state index >= 15 is 4.57 Å². The molecular weight excluding hydrogens is 1720 g/mol. The number of fused-ring (bicyclic) bond motifs is 24. The summed E-state index contributed by atoms with van der Waals surface area (Å²) in [6.07, 6.45) is 0. The third-order valence-electron chi connectivity index (χ3n) is 24.8. The van der Waals surface area contributed by atoms with Gasteiger partial charge in [-0.25, -0.2) is 9.97 Å². The number of aromatic nitrogens is 4. The van der Waals surface area contributed by atoms with E-state index in [4.69, 9.17) is 32.8 Å². The van der Waals surface area contributed by atoms with E-state index in [0.717, 1.165) is 146 Å². The highest BCUT2D eigenvalue weighted by Crippen LogP contribution is 2.47. The number of benzene rings is 22. The zero-order valence-electron chi connectivity index (χ0n) is 70.6. The standard InChI is InChI=1S/C39H25N2OP.C20H14ClP.2C20H14OP.C19H11ClN2/c42-43(30-19-17-26-9-1-3-11-28(26)23-30,31-20-18-27-10-2-4-12-29(27)24-31)32-21-22-33-34-13-5-7-15-37(34)41-38-16-8-6-14-36(38)40-39(41)35(33)25-32;3*21-22(19-11-9-15-5-1-3-7-17(15)13-19)20-12-10-16-6-2-4-8-18(16)14-20;20-12-9-10-13-14-5-1-3-7-17(14)22-18-8-4-2-6-16(18)21-19(22)15(13)11-12/h1-25H;3*1-14H;1-11H/q;;2*+1;. The summed E-state index contributed by atoms with van der Waals surface area (Å²) in [4.78, 5) is 9.96. The summed E-state index contributed by atoms with van der Waals surface area (Å²) in [7, 11) is -7.28. The van der Waals surface area contributed by atoms with Crippen LogP contribution in [0.5, 0.6) is 0 Å². The maximum atomic E-state index is 15.9. The molecule has 0 unspecified atom stereocenters. The molecule has 0 aliphatic rings. The molecule has 0 saturated heterocycles. The van der Waals surface area contributed by atoms with Crippen LogP contribution in [-0.4, -0.2) is 18.8 Å². The van der Waals surface area contributed by atoms with E-state index in [0.29, 0.717) is 0 Å². The van der Waals surface area contributed by atoms with Gasteiger partial charge in [-0.1, -0.05) is 353 Å². The molecule has 4 aromatic heterocycles. The molecule has 0 radical (unpaired) electrons. The number of halogens is 2. The van der Waals surface area contributed by atoms with Crippen molar-refractivity contribution >= 4 is 263 Å². The largest absolute Gasteiger partial charge is 0.415 e. The molecule has 620 valence electrons. The van der Waals surface area contributed by atoms with E-state index in [2.05, 4.69) is 288 Å². The quantitative estimate of drug-likeness (QED) is 0.106. The molecule has 0 aliphatic heterocycles. The molecule has 26 aromatic rings. The van der Waals surface area contributed by atoms with Crippen molar-refractivity contribution in [1.29, 1.82) is 0 Å². The first kappa shape index (κ1) is 82.0. The highest BCUT2D eigenvalue weighted by molar-refractivity contribution is 7.95. The first-order chi connectivity index (χ1) is 64.4. The Morgan fingerprint density at radius 3 is 0.847 bits per heavy atom. The molecule has 0 atom stereocenters. The molecule has 0 saturated carbocycles. The second-order valence-corrected chi connectivity index (χ2v) is 41.8. The smallest absolute Gasteiger partial charge is 0.309 e. The van der Waals surface area contributed by atoms with Crippen LogP contribution >= 0.6 is 52.9 Å². The SMILES string of the molecule is ClP(c1ccc2ccccc2c1)c1ccc2ccccc2c1.Clc1ccc2c3ccccc3n3c4ccccc4nc3c2c1.O=P(c1ccc2ccccc2c1)(c1ccc2ccccc2c1)c1ccc2c3ccccc3n3c4ccccc4nc3c2c1.O=[P+](c1ccc2ccccc2c1)c1ccc2ccccc2c1.O=[P+](c1ccc2ccccc2c1)c1ccc2ccccc2c1. The van der Waals surface area contributed by atoms with E-state index in [1.165, 1.54) is 70.0 Å². The Kier molecular flexibility index (Phi) is 22.2. The average Bonchev–Trinajstić information content (AvgIpc) is 1.66. The molecule has 131 heavy (non-hydrogen) atoms. The van der Waals surface area contributed by atoms with Gasteiger partial charge in [-0.3, -0.25) is 8.80 Å². The van der Waals surface area contributed by atoms with Crippen molar-refractivity contribution in [2.24, 2.45) is 0 Å². The lowest BCUT2D eigenvalue weighted by Gasteiger charge is -2.22. The van der Waals surface area contributed by atoms with Crippen LogP contribution < -0.4 is 47.7 Å². The summed E-state index contributed by atoms with van der Waals surface area (Å²) in [5, 5.41) is 34.5. The fourth-order valence-electron chi connectivity index (χ4n) is 18.2. The summed E-state index contributed by atoms with van der Waals surface area (Å²) in [6.45, 7) is 0. The summed E-state index contributed by atoms with van der Waals surface area (Å²) in [5.41, 5.74) is 8.24. The maximum Gasteiger partial charge on any atom is 0.415 e. The predicted octanol–water partition coefficient (Wildman–Crippen LogP) is 29.3. The number of nitrogens with zero attached hydrogens (tertiary/aromatic N) is 4. The van der Waals surface area contributed by atoms with Gasteiger partial charge in [0.1, 0.15) is 11.3 Å². The number of pyridine rings is 2. The summed E-state index contributed by atoms with van der Waals surface area (Å²) in [6, 6.07) is 161. The number of para-hydroxylation sites is 6. The van der Waals surface area contributed by atoms with Crippen LogP contribution in [0.4, 0.5) is 0 Å². The first-order valence-electron chi connectivity index (χ1n) is 43.5. The fraction of sp³-hybridized carbons (Fsp3) is 0. The van der Waals surface area contributed by atoms with Crippen molar-refractivity contribution in [3.8, 4) is 0 Å². The fourth-order valence-corrected chi connectivity index (χ4v) is 25.4. The van der Waals surface area contributed by atoms with E-state index in [9.17, 15) is 9.13 Å². The first-order valence-corrected chi connectivity index (χ1v) is 50.3. The molecule has 22 aromatic carbocycles. The Hall–Kier alpha value is -14.7. The lowest BCUT2D eigenvalue weighted by atomic mass is 10.1. The Morgan fingerprint density at radius 2 is 0.489 bits per heavy atom. The molecule has 4 heterocycles. The van der Waals surface area contributed by atoms with Crippen molar-refractivity contribution in [2.75, 3.05) is 0 Å². The maximum absolute atomic E-state index is 15.9. The minimum Gasteiger partial charge on any atom is -0.309 e. The summed E-state index contributed by atoms with van der Waals surface area (Å²) >= 11 is 13.0. The number of hydrogen-bond donors (Lipinski definition) is 0. The van der Waals surface area contributed by atoms with Crippen LogP contribution in [0.15, 0.2) is 473 Å². The van der Waals surface area contributed by atoms with Crippen LogP contribution in [0.2, 0.25) is 5.02 Å². The van der Waals surface area contributed by atoms with Gasteiger partial charge in [-0.15, -0.1) is 0 Å². The minimum atomic E-state index is -3.30. The second kappa shape index (κ2) is 35.4. The molecule has 0 amide bonds. The molecule has 0 N–H and O–H groups in total. The van der Waals surface area contributed by atoms with Crippen LogP contribution in [0.1, 0.15) is 0 Å². The molecule has 0 fully saturated rings. The average molecular weight is 1790 g/mol. The summed E-state index contributed by atoms with van der Waals surface area (Å²) in [5.74, 6) is 0. The highest BCUT2D eigenvalue weighted by Gasteiger charge is 2.33.